The molecule has 0 aliphatic carbocycles. The first-order valence-electron chi connectivity index (χ1n) is 10.2. The van der Waals surface area contributed by atoms with Crippen LogP contribution in [0.25, 0.3) is 22.2 Å². The third kappa shape index (κ3) is 4.82. The zero-order chi connectivity index (χ0) is 22.5. The molecule has 0 radical (unpaired) electrons. The predicted molar refractivity (Wildman–Crippen MR) is 127 cm³/mol. The van der Waals surface area contributed by atoms with E-state index in [4.69, 9.17) is 9.72 Å². The highest BCUT2D eigenvalue weighted by atomic mass is 16.5. The fraction of sp³-hybridized carbons (Fsp3) is 0.115. The number of carbonyl (C=O) groups excluding carboxylic acids is 2. The molecule has 2 N–H and O–H groups in total. The highest BCUT2D eigenvalue weighted by Gasteiger charge is 2.14. The molecule has 4 rings (SSSR count). The van der Waals surface area contributed by atoms with E-state index in [9.17, 15) is 9.59 Å². The molecular formula is C26H23N3O3. The molecule has 3 aromatic carbocycles. The van der Waals surface area contributed by atoms with Crippen LogP contribution >= 0.6 is 0 Å². The topological polar surface area (TPSA) is 80.3 Å². The summed E-state index contributed by atoms with van der Waals surface area (Å²) in [6, 6.07) is 24.4. The lowest BCUT2D eigenvalue weighted by Gasteiger charge is -2.12. The third-order valence-electron chi connectivity index (χ3n) is 4.99. The molecule has 4 aromatic rings. The smallest absolute Gasteiger partial charge is 0.256 e. The zero-order valence-corrected chi connectivity index (χ0v) is 17.9. The Morgan fingerprint density at radius 3 is 2.34 bits per heavy atom. The van der Waals surface area contributed by atoms with Crippen molar-refractivity contribution in [3.05, 3.63) is 90.0 Å². The molecule has 1 aromatic heterocycles. The molecule has 1 heterocycles. The van der Waals surface area contributed by atoms with Crippen molar-refractivity contribution in [1.82, 2.24) is 4.98 Å². The Kier molecular flexibility index (Phi) is 6.24. The second-order valence-electron chi connectivity index (χ2n) is 7.45. The number of amides is 2. The molecule has 0 bridgehead atoms. The molecule has 0 saturated heterocycles. The minimum Gasteiger partial charge on any atom is -0.375 e. The van der Waals surface area contributed by atoms with Crippen LogP contribution < -0.4 is 10.6 Å². The molecule has 160 valence electrons. The van der Waals surface area contributed by atoms with Crippen LogP contribution in [0, 0.1) is 6.92 Å². The molecule has 6 nitrogen and oxygen atoms in total. The van der Waals surface area contributed by atoms with Gasteiger partial charge in [-0.05, 0) is 37.3 Å². The lowest BCUT2D eigenvalue weighted by molar-refractivity contribution is -0.119. The summed E-state index contributed by atoms with van der Waals surface area (Å²) in [4.78, 5) is 29.8. The molecular weight excluding hydrogens is 402 g/mol. The fourth-order valence-electron chi connectivity index (χ4n) is 3.44. The maximum absolute atomic E-state index is 13.3. The second kappa shape index (κ2) is 9.41. The SMILES string of the molecule is COCC(=O)Nc1cccc(NC(=O)c2cc(-c3ccc(C)cc3)nc3ccccc23)c1. The summed E-state index contributed by atoms with van der Waals surface area (Å²) in [7, 11) is 1.46. The number of fused-ring (bicyclic) bond motifs is 1. The van der Waals surface area contributed by atoms with E-state index in [1.807, 2.05) is 61.5 Å². The van der Waals surface area contributed by atoms with Gasteiger partial charge in [0.1, 0.15) is 6.61 Å². The predicted octanol–water partition coefficient (Wildman–Crippen LogP) is 5.05. The van der Waals surface area contributed by atoms with Crippen molar-refractivity contribution < 1.29 is 14.3 Å². The van der Waals surface area contributed by atoms with E-state index in [-0.39, 0.29) is 18.4 Å². The van der Waals surface area contributed by atoms with Gasteiger partial charge in [0.15, 0.2) is 0 Å². The highest BCUT2D eigenvalue weighted by Crippen LogP contribution is 2.26. The quantitative estimate of drug-likeness (QED) is 0.453. The lowest BCUT2D eigenvalue weighted by atomic mass is 10.0. The van der Waals surface area contributed by atoms with E-state index >= 15 is 0 Å². The van der Waals surface area contributed by atoms with Gasteiger partial charge in [-0.3, -0.25) is 9.59 Å². The first kappa shape index (κ1) is 21.2. The molecule has 0 saturated carbocycles. The number of nitrogens with one attached hydrogen (secondary N) is 2. The van der Waals surface area contributed by atoms with Crippen LogP contribution in [0.2, 0.25) is 0 Å². The number of aryl methyl sites for hydroxylation is 1. The summed E-state index contributed by atoms with van der Waals surface area (Å²) in [5.41, 5.74) is 5.25. The Hall–Kier alpha value is -4.03. The Morgan fingerprint density at radius 2 is 1.59 bits per heavy atom. The standard InChI is InChI=1S/C26H23N3O3/c1-17-10-12-18(13-11-17)24-15-22(21-8-3-4-9-23(21)29-24)26(31)28-20-7-5-6-19(14-20)27-25(30)16-32-2/h3-15H,16H2,1-2H3,(H,27,30)(H,28,31). The van der Waals surface area contributed by atoms with E-state index in [0.29, 0.717) is 16.9 Å². The van der Waals surface area contributed by atoms with Crippen LogP contribution in [0.4, 0.5) is 11.4 Å². The van der Waals surface area contributed by atoms with Crippen LogP contribution in [0.5, 0.6) is 0 Å². The van der Waals surface area contributed by atoms with Crippen LogP contribution in [0.15, 0.2) is 78.9 Å². The van der Waals surface area contributed by atoms with Gasteiger partial charge in [0.2, 0.25) is 5.91 Å². The van der Waals surface area contributed by atoms with Gasteiger partial charge in [-0.25, -0.2) is 4.98 Å². The van der Waals surface area contributed by atoms with Crippen molar-refractivity contribution in [2.24, 2.45) is 0 Å². The summed E-state index contributed by atoms with van der Waals surface area (Å²) in [5, 5.41) is 6.44. The van der Waals surface area contributed by atoms with Gasteiger partial charge in [-0.2, -0.15) is 0 Å². The molecule has 0 spiro atoms. The molecule has 0 unspecified atom stereocenters. The van der Waals surface area contributed by atoms with E-state index in [1.54, 1.807) is 24.3 Å². The number of ether oxygens (including phenoxy) is 1. The van der Waals surface area contributed by atoms with Gasteiger partial charge >= 0.3 is 0 Å². The average Bonchev–Trinajstić information content (AvgIpc) is 2.79. The first-order chi connectivity index (χ1) is 15.5. The van der Waals surface area contributed by atoms with Crippen LogP contribution in [0.1, 0.15) is 15.9 Å². The highest BCUT2D eigenvalue weighted by molar-refractivity contribution is 6.13. The minimum atomic E-state index is -0.265. The second-order valence-corrected chi connectivity index (χ2v) is 7.45. The summed E-state index contributed by atoms with van der Waals surface area (Å²) in [6.07, 6.45) is 0. The third-order valence-corrected chi connectivity index (χ3v) is 4.99. The number of rotatable bonds is 6. The molecule has 0 aliphatic heterocycles. The van der Waals surface area contributed by atoms with Crippen molar-refractivity contribution in [3.8, 4) is 11.3 Å². The number of anilines is 2. The number of aromatic nitrogens is 1. The number of carbonyl (C=O) groups is 2. The Morgan fingerprint density at radius 1 is 0.875 bits per heavy atom. The van der Waals surface area contributed by atoms with Crippen LogP contribution in [0.3, 0.4) is 0 Å². The maximum Gasteiger partial charge on any atom is 0.256 e. The number of benzene rings is 3. The number of nitrogens with zero attached hydrogens (tertiary/aromatic N) is 1. The summed E-state index contributed by atoms with van der Waals surface area (Å²) in [6.45, 7) is 1.99. The summed E-state index contributed by atoms with van der Waals surface area (Å²) in [5.74, 6) is -0.517. The van der Waals surface area contributed by atoms with Gasteiger partial charge in [0.05, 0.1) is 16.8 Å². The molecule has 0 fully saturated rings. The largest absolute Gasteiger partial charge is 0.375 e. The average molecular weight is 425 g/mol. The van der Waals surface area contributed by atoms with Crippen molar-refractivity contribution in [3.63, 3.8) is 0 Å². The van der Waals surface area contributed by atoms with Crippen LogP contribution in [-0.4, -0.2) is 30.5 Å². The monoisotopic (exact) mass is 425 g/mol. The fourth-order valence-corrected chi connectivity index (χ4v) is 3.44. The Balaban J connectivity index is 1.66. The van der Waals surface area contributed by atoms with Crippen molar-refractivity contribution in [2.45, 2.75) is 6.92 Å². The van der Waals surface area contributed by atoms with Gasteiger partial charge in [-0.1, -0.05) is 54.1 Å². The van der Waals surface area contributed by atoms with Crippen molar-refractivity contribution >= 4 is 34.1 Å². The maximum atomic E-state index is 13.3. The lowest BCUT2D eigenvalue weighted by Crippen LogP contribution is -2.17. The minimum absolute atomic E-state index is 0.0403. The number of hydrogen-bond donors (Lipinski definition) is 2. The van der Waals surface area contributed by atoms with Gasteiger partial charge in [0.25, 0.3) is 5.91 Å². The van der Waals surface area contributed by atoms with E-state index in [1.165, 1.54) is 7.11 Å². The van der Waals surface area contributed by atoms with E-state index in [2.05, 4.69) is 10.6 Å². The Bertz CT molecular complexity index is 1280. The van der Waals surface area contributed by atoms with Gasteiger partial charge in [-0.15, -0.1) is 0 Å². The summed E-state index contributed by atoms with van der Waals surface area (Å²) >= 11 is 0. The van der Waals surface area contributed by atoms with E-state index in [0.717, 1.165) is 27.7 Å². The molecule has 2 amide bonds. The van der Waals surface area contributed by atoms with E-state index < -0.39 is 0 Å². The molecule has 0 atom stereocenters. The number of hydrogen-bond acceptors (Lipinski definition) is 4. The van der Waals surface area contributed by atoms with Gasteiger partial charge in [0, 0.05) is 29.4 Å². The number of para-hydroxylation sites is 1. The zero-order valence-electron chi connectivity index (χ0n) is 17.9. The number of methoxy groups -OCH3 is 1. The summed E-state index contributed by atoms with van der Waals surface area (Å²) < 4.78 is 4.84. The molecule has 6 heteroatoms. The molecule has 32 heavy (non-hydrogen) atoms. The molecule has 0 aliphatic rings. The number of pyridine rings is 1. The van der Waals surface area contributed by atoms with Crippen molar-refractivity contribution in [2.75, 3.05) is 24.4 Å². The van der Waals surface area contributed by atoms with Gasteiger partial charge < -0.3 is 15.4 Å². The van der Waals surface area contributed by atoms with Crippen LogP contribution in [-0.2, 0) is 9.53 Å². The van der Waals surface area contributed by atoms with Crippen molar-refractivity contribution in [1.29, 1.82) is 0 Å². The Labute approximate surface area is 186 Å². The first-order valence-corrected chi connectivity index (χ1v) is 10.2. The normalized spacial score (nSPS) is 10.7.